The molecule has 0 bridgehead atoms. The van der Waals surface area contributed by atoms with Crippen LogP contribution in [0.2, 0.25) is 0 Å². The van der Waals surface area contributed by atoms with Crippen LogP contribution in [0.25, 0.3) is 0 Å². The van der Waals surface area contributed by atoms with Gasteiger partial charge in [0.2, 0.25) is 0 Å². The third kappa shape index (κ3) is 10.9. The highest BCUT2D eigenvalue weighted by molar-refractivity contribution is 5.88. The molecule has 0 heterocycles. The first-order valence-electron chi connectivity index (χ1n) is 15.0. The average Bonchev–Trinajstić information content (AvgIpc) is 2.95. The minimum Gasteiger partial charge on any atom is -0.464 e. The van der Waals surface area contributed by atoms with E-state index in [-0.39, 0.29) is 20.1 Å². The fourth-order valence-corrected chi connectivity index (χ4v) is 4.31. The van der Waals surface area contributed by atoms with Gasteiger partial charge < -0.3 is 9.64 Å². The van der Waals surface area contributed by atoms with E-state index >= 15 is 0 Å². The molecule has 4 nitrogen and oxygen atoms in total. The van der Waals surface area contributed by atoms with Gasteiger partial charge in [-0.25, -0.2) is 0 Å². The van der Waals surface area contributed by atoms with Gasteiger partial charge in [-0.2, -0.15) is 65.9 Å². The van der Waals surface area contributed by atoms with E-state index < -0.39 is 65.0 Å². The first-order valence-corrected chi connectivity index (χ1v) is 15.0. The van der Waals surface area contributed by atoms with Crippen molar-refractivity contribution >= 4 is 11.9 Å². The molecule has 0 spiro atoms. The van der Waals surface area contributed by atoms with Crippen LogP contribution in [0.15, 0.2) is 0 Å². The molecule has 0 fully saturated rings. The Morgan fingerprint density at radius 3 is 1.17 bits per heavy atom. The predicted molar refractivity (Wildman–Crippen MR) is 139 cm³/mol. The molecule has 0 aromatic heterocycles. The van der Waals surface area contributed by atoms with Gasteiger partial charge >= 0.3 is 47.7 Å². The maximum atomic E-state index is 14.1. The number of ether oxygens (including phenoxy) is 1. The molecule has 0 aliphatic rings. The van der Waals surface area contributed by atoms with Crippen LogP contribution in [0.4, 0.5) is 65.9 Å². The van der Waals surface area contributed by atoms with Gasteiger partial charge in [-0.3, -0.25) is 9.59 Å². The molecule has 0 radical (unpaired) electrons. The molecule has 0 aliphatic carbocycles. The van der Waals surface area contributed by atoms with Gasteiger partial charge in [-0.15, -0.1) is 0 Å². The van der Waals surface area contributed by atoms with Gasteiger partial charge in [0.25, 0.3) is 5.91 Å². The molecule has 0 atom stereocenters. The molecule has 0 saturated carbocycles. The Balaban J connectivity index is 4.83. The van der Waals surface area contributed by atoms with E-state index in [1.807, 2.05) is 0 Å². The standard InChI is InChI=1S/C28H40F15NO3/c1-3-4-5-6-7-8-9-10-11-12-13-14-15-16-17-18-47-20(45)19-44(2)21(46)22(29,30)23(31,32)24(33,34)25(35,36)26(37,38)27(39,40)28(41,42)43/h3-19H2,1-2H3. The lowest BCUT2D eigenvalue weighted by molar-refractivity contribution is -0.449. The summed E-state index contributed by atoms with van der Waals surface area (Å²) in [5.41, 5.74) is 0. The number of rotatable bonds is 24. The molecule has 0 unspecified atom stereocenters. The second-order valence-electron chi connectivity index (χ2n) is 11.3. The van der Waals surface area contributed by atoms with Crippen molar-refractivity contribution in [2.75, 3.05) is 20.2 Å². The zero-order valence-electron chi connectivity index (χ0n) is 25.9. The van der Waals surface area contributed by atoms with Crippen molar-refractivity contribution in [2.45, 2.75) is 145 Å². The molecular weight excluding hydrogens is 683 g/mol. The summed E-state index contributed by atoms with van der Waals surface area (Å²) in [4.78, 5) is 22.8. The maximum absolute atomic E-state index is 14.1. The average molecular weight is 724 g/mol. The van der Waals surface area contributed by atoms with Crippen LogP contribution in [0.3, 0.4) is 0 Å². The Morgan fingerprint density at radius 2 is 0.809 bits per heavy atom. The van der Waals surface area contributed by atoms with Gasteiger partial charge in [0.05, 0.1) is 6.61 Å². The second-order valence-corrected chi connectivity index (χ2v) is 11.3. The number of carbonyl (C=O) groups is 2. The van der Waals surface area contributed by atoms with Crippen molar-refractivity contribution in [1.82, 2.24) is 4.90 Å². The molecule has 0 rings (SSSR count). The number of unbranched alkanes of at least 4 members (excludes halogenated alkanes) is 14. The van der Waals surface area contributed by atoms with Crippen LogP contribution >= 0.6 is 0 Å². The number of amides is 1. The minimum absolute atomic E-state index is 0.0872. The van der Waals surface area contributed by atoms with Crippen LogP contribution in [-0.4, -0.2) is 78.7 Å². The van der Waals surface area contributed by atoms with Gasteiger partial charge in [-0.1, -0.05) is 96.8 Å². The molecule has 280 valence electrons. The molecule has 47 heavy (non-hydrogen) atoms. The highest BCUT2D eigenvalue weighted by atomic mass is 19.4. The number of hydrogen-bond donors (Lipinski definition) is 0. The summed E-state index contributed by atoms with van der Waals surface area (Å²) in [7, 11) is 0.0872. The number of carbonyl (C=O) groups excluding carboxylic acids is 2. The first kappa shape index (κ1) is 44.9. The summed E-state index contributed by atoms with van der Waals surface area (Å²) in [6, 6.07) is 0. The third-order valence-electron chi connectivity index (χ3n) is 7.32. The van der Waals surface area contributed by atoms with Crippen molar-refractivity contribution in [2.24, 2.45) is 0 Å². The van der Waals surface area contributed by atoms with E-state index in [2.05, 4.69) is 11.7 Å². The van der Waals surface area contributed by atoms with E-state index in [4.69, 9.17) is 0 Å². The fraction of sp³-hybridized carbons (Fsp3) is 0.929. The minimum atomic E-state index is -8.50. The van der Waals surface area contributed by atoms with Crippen LogP contribution in [-0.2, 0) is 14.3 Å². The summed E-state index contributed by atoms with van der Waals surface area (Å²) in [6.07, 6.45) is 7.38. The monoisotopic (exact) mass is 723 g/mol. The molecule has 0 aromatic carbocycles. The van der Waals surface area contributed by atoms with Gasteiger partial charge in [0.15, 0.2) is 0 Å². The normalized spacial score (nSPS) is 14.0. The van der Waals surface area contributed by atoms with E-state index in [1.165, 1.54) is 44.9 Å². The van der Waals surface area contributed by atoms with E-state index in [0.717, 1.165) is 38.5 Å². The fourth-order valence-electron chi connectivity index (χ4n) is 4.31. The van der Waals surface area contributed by atoms with Gasteiger partial charge in [0, 0.05) is 7.05 Å². The first-order chi connectivity index (χ1) is 21.3. The Kier molecular flexibility index (Phi) is 17.2. The maximum Gasteiger partial charge on any atom is 0.460 e. The lowest BCUT2D eigenvalue weighted by Gasteiger charge is -2.41. The summed E-state index contributed by atoms with van der Waals surface area (Å²) < 4.78 is 204. The van der Waals surface area contributed by atoms with Crippen molar-refractivity contribution in [3.63, 3.8) is 0 Å². The summed E-state index contributed by atoms with van der Waals surface area (Å²) in [5, 5.41) is 0. The van der Waals surface area contributed by atoms with Crippen molar-refractivity contribution in [3.8, 4) is 0 Å². The Hall–Kier alpha value is -2.11. The van der Waals surface area contributed by atoms with Crippen LogP contribution in [0.5, 0.6) is 0 Å². The lowest BCUT2D eigenvalue weighted by atomic mass is 9.90. The van der Waals surface area contributed by atoms with E-state index in [9.17, 15) is 75.4 Å². The van der Waals surface area contributed by atoms with E-state index in [0.29, 0.717) is 6.42 Å². The molecule has 0 N–H and O–H groups in total. The second kappa shape index (κ2) is 18.0. The van der Waals surface area contributed by atoms with Gasteiger partial charge in [-0.05, 0) is 6.42 Å². The number of halogens is 15. The number of likely N-dealkylation sites (N-methyl/N-ethyl adjacent to an activating group) is 1. The molecule has 0 saturated heterocycles. The molecule has 0 aliphatic heterocycles. The topological polar surface area (TPSA) is 46.6 Å². The Labute approximate surface area is 262 Å². The highest BCUT2D eigenvalue weighted by Crippen LogP contribution is 2.62. The molecule has 0 aromatic rings. The zero-order chi connectivity index (χ0) is 37.0. The van der Waals surface area contributed by atoms with Crippen molar-refractivity contribution < 1.29 is 80.2 Å². The quantitative estimate of drug-likeness (QED) is 0.0566. The predicted octanol–water partition coefficient (Wildman–Crippen LogP) is 10.2. The number of hydrogen-bond acceptors (Lipinski definition) is 3. The highest BCUT2D eigenvalue weighted by Gasteiger charge is 2.94. The summed E-state index contributed by atoms with van der Waals surface area (Å²) >= 11 is 0. The van der Waals surface area contributed by atoms with Crippen LogP contribution in [0, 0.1) is 0 Å². The molecule has 19 heteroatoms. The lowest BCUT2D eigenvalue weighted by Crippen LogP contribution is -2.74. The number of esters is 1. The molecular formula is C28H40F15NO3. The molecule has 1 amide bonds. The number of alkyl halides is 15. The zero-order valence-corrected chi connectivity index (χ0v) is 25.9. The van der Waals surface area contributed by atoms with E-state index in [1.54, 1.807) is 0 Å². The number of nitrogens with zero attached hydrogens (tertiary/aromatic N) is 1. The summed E-state index contributed by atoms with van der Waals surface area (Å²) in [6.45, 7) is 0.119. The largest absolute Gasteiger partial charge is 0.464 e. The van der Waals surface area contributed by atoms with Crippen molar-refractivity contribution in [1.29, 1.82) is 0 Å². The van der Waals surface area contributed by atoms with Crippen LogP contribution in [0.1, 0.15) is 103 Å². The SMILES string of the molecule is CCCCCCCCCCCCCCCCCOC(=O)CN(C)C(=O)C(F)(F)C(F)(F)C(F)(F)C(F)(F)C(F)(F)C(F)(F)C(F)(F)F. The Morgan fingerprint density at radius 1 is 0.489 bits per heavy atom. The summed E-state index contributed by atoms with van der Waals surface area (Å²) in [5.74, 6) is -53.7. The van der Waals surface area contributed by atoms with Crippen LogP contribution < -0.4 is 0 Å². The van der Waals surface area contributed by atoms with Gasteiger partial charge in [0.1, 0.15) is 6.54 Å². The Bertz CT molecular complexity index is 956. The smallest absolute Gasteiger partial charge is 0.460 e. The third-order valence-corrected chi connectivity index (χ3v) is 7.32. The van der Waals surface area contributed by atoms with Crippen molar-refractivity contribution in [3.05, 3.63) is 0 Å².